The van der Waals surface area contributed by atoms with E-state index in [2.05, 4.69) is 31.3 Å². The Hall–Kier alpha value is -1.67. The highest BCUT2D eigenvalue weighted by atomic mass is 35.5. The summed E-state index contributed by atoms with van der Waals surface area (Å²) in [5.74, 6) is 0.926. The van der Waals surface area contributed by atoms with Crippen molar-refractivity contribution in [2.45, 2.75) is 26.4 Å². The summed E-state index contributed by atoms with van der Waals surface area (Å²) in [7, 11) is 0. The number of hydrogen-bond donors (Lipinski definition) is 1. The Morgan fingerprint density at radius 2 is 1.90 bits per heavy atom. The lowest BCUT2D eigenvalue weighted by atomic mass is 10.2. The van der Waals surface area contributed by atoms with Gasteiger partial charge < -0.3 is 10.1 Å². The fourth-order valence-corrected chi connectivity index (χ4v) is 2.08. The molecule has 0 saturated carbocycles. The van der Waals surface area contributed by atoms with Crippen molar-refractivity contribution in [2.24, 2.45) is 0 Å². The number of aryl methyl sites for hydroxylation is 1. The van der Waals surface area contributed by atoms with Crippen molar-refractivity contribution < 1.29 is 4.74 Å². The van der Waals surface area contributed by atoms with Crippen LogP contribution in [0.25, 0.3) is 0 Å². The van der Waals surface area contributed by atoms with Gasteiger partial charge in [-0.05, 0) is 55.3 Å². The number of ether oxygens (including phenoxy) is 1. The van der Waals surface area contributed by atoms with Crippen LogP contribution in [0.5, 0.6) is 5.75 Å². The van der Waals surface area contributed by atoms with Gasteiger partial charge in [-0.2, -0.15) is 0 Å². The molecule has 0 fully saturated rings. The number of benzene rings is 2. The molecule has 1 unspecified atom stereocenters. The highest BCUT2D eigenvalue weighted by molar-refractivity contribution is 6.30. The van der Waals surface area contributed by atoms with Gasteiger partial charge in [-0.1, -0.05) is 30.7 Å². The minimum Gasteiger partial charge on any atom is -0.489 e. The second kappa shape index (κ2) is 7.20. The highest BCUT2D eigenvalue weighted by Gasteiger charge is 2.08. The van der Waals surface area contributed by atoms with Gasteiger partial charge in [-0.3, -0.25) is 0 Å². The van der Waals surface area contributed by atoms with E-state index in [-0.39, 0.29) is 6.10 Å². The van der Waals surface area contributed by atoms with Gasteiger partial charge in [0.1, 0.15) is 11.9 Å². The summed E-state index contributed by atoms with van der Waals surface area (Å²) in [6.45, 7) is 4.97. The van der Waals surface area contributed by atoms with E-state index in [9.17, 15) is 0 Å². The van der Waals surface area contributed by atoms with Gasteiger partial charge in [0.15, 0.2) is 0 Å². The molecule has 0 saturated heterocycles. The monoisotopic (exact) mass is 289 g/mol. The first-order valence-electron chi connectivity index (χ1n) is 6.90. The molecule has 0 heterocycles. The lowest BCUT2D eigenvalue weighted by Crippen LogP contribution is -2.25. The first-order valence-corrected chi connectivity index (χ1v) is 7.28. The first-order chi connectivity index (χ1) is 9.67. The molecular formula is C17H20ClNO. The van der Waals surface area contributed by atoms with E-state index in [1.165, 1.54) is 5.56 Å². The van der Waals surface area contributed by atoms with Gasteiger partial charge in [-0.15, -0.1) is 0 Å². The molecule has 0 radical (unpaired) electrons. The average molecular weight is 290 g/mol. The average Bonchev–Trinajstić information content (AvgIpc) is 2.45. The molecule has 2 rings (SSSR count). The van der Waals surface area contributed by atoms with Crippen LogP contribution in [0.15, 0.2) is 48.5 Å². The van der Waals surface area contributed by atoms with E-state index in [0.717, 1.165) is 29.4 Å². The predicted octanol–water partition coefficient (Wildman–Crippen LogP) is 4.92. The summed E-state index contributed by atoms with van der Waals surface area (Å²) in [4.78, 5) is 0. The summed E-state index contributed by atoms with van der Waals surface area (Å²) < 4.78 is 6.00. The van der Waals surface area contributed by atoms with Crippen LogP contribution in [-0.2, 0) is 0 Å². The zero-order valence-corrected chi connectivity index (χ0v) is 12.7. The molecule has 3 heteroatoms. The van der Waals surface area contributed by atoms with Gasteiger partial charge in [-0.25, -0.2) is 0 Å². The number of rotatable bonds is 6. The van der Waals surface area contributed by atoms with Gasteiger partial charge >= 0.3 is 0 Å². The van der Waals surface area contributed by atoms with Crippen LogP contribution in [0.4, 0.5) is 5.69 Å². The smallest absolute Gasteiger partial charge is 0.120 e. The number of hydrogen-bond acceptors (Lipinski definition) is 2. The lowest BCUT2D eigenvalue weighted by Gasteiger charge is -2.19. The van der Waals surface area contributed by atoms with E-state index in [1.807, 2.05) is 36.4 Å². The Labute approximate surface area is 125 Å². The fourth-order valence-electron chi connectivity index (χ4n) is 1.95. The Balaban J connectivity index is 1.90. The van der Waals surface area contributed by atoms with Crippen LogP contribution in [0.2, 0.25) is 5.02 Å². The number of anilines is 1. The highest BCUT2D eigenvalue weighted by Crippen LogP contribution is 2.17. The molecule has 0 amide bonds. The molecule has 0 aromatic heterocycles. The topological polar surface area (TPSA) is 21.3 Å². The first kappa shape index (κ1) is 14.7. The molecule has 20 heavy (non-hydrogen) atoms. The second-order valence-corrected chi connectivity index (χ2v) is 5.29. The number of halogens is 1. The Kier molecular flexibility index (Phi) is 5.31. The van der Waals surface area contributed by atoms with Crippen molar-refractivity contribution in [3.63, 3.8) is 0 Å². The largest absolute Gasteiger partial charge is 0.489 e. The molecule has 2 aromatic rings. The molecular weight excluding hydrogens is 270 g/mol. The van der Waals surface area contributed by atoms with E-state index >= 15 is 0 Å². The number of nitrogens with one attached hydrogen (secondary N) is 1. The van der Waals surface area contributed by atoms with Gasteiger partial charge in [0, 0.05) is 10.7 Å². The molecule has 2 nitrogen and oxygen atoms in total. The zero-order valence-electron chi connectivity index (χ0n) is 11.9. The third-order valence-electron chi connectivity index (χ3n) is 3.13. The van der Waals surface area contributed by atoms with Crippen LogP contribution in [-0.4, -0.2) is 12.6 Å². The van der Waals surface area contributed by atoms with Crippen molar-refractivity contribution in [3.05, 3.63) is 59.1 Å². The molecule has 1 atom stereocenters. The quantitative estimate of drug-likeness (QED) is 0.815. The maximum absolute atomic E-state index is 6.00. The van der Waals surface area contributed by atoms with Crippen LogP contribution < -0.4 is 10.1 Å². The zero-order chi connectivity index (χ0) is 14.4. The molecule has 0 bridgehead atoms. The molecule has 2 aromatic carbocycles. The Bertz CT molecular complexity index is 539. The van der Waals surface area contributed by atoms with E-state index < -0.39 is 0 Å². The summed E-state index contributed by atoms with van der Waals surface area (Å²) in [5, 5.41) is 4.12. The Morgan fingerprint density at radius 1 is 1.15 bits per heavy atom. The summed E-state index contributed by atoms with van der Waals surface area (Å²) >= 11 is 5.87. The molecule has 0 aliphatic heterocycles. The standard InChI is InChI=1S/C17H20ClNO/c1-3-16(20-17-6-4-5-13(2)11-17)12-19-15-9-7-14(18)8-10-15/h4-11,16,19H,3,12H2,1-2H3. The van der Waals surface area contributed by atoms with Gasteiger partial charge in [0.05, 0.1) is 6.54 Å². The predicted molar refractivity (Wildman–Crippen MR) is 85.8 cm³/mol. The van der Waals surface area contributed by atoms with Crippen molar-refractivity contribution in [1.82, 2.24) is 0 Å². The summed E-state index contributed by atoms with van der Waals surface area (Å²) in [6.07, 6.45) is 1.10. The van der Waals surface area contributed by atoms with Crippen LogP contribution in [0, 0.1) is 6.92 Å². The van der Waals surface area contributed by atoms with Crippen LogP contribution in [0.3, 0.4) is 0 Å². The summed E-state index contributed by atoms with van der Waals surface area (Å²) in [6, 6.07) is 15.9. The maximum Gasteiger partial charge on any atom is 0.120 e. The minimum absolute atomic E-state index is 0.146. The van der Waals surface area contributed by atoms with Crippen molar-refractivity contribution in [2.75, 3.05) is 11.9 Å². The van der Waals surface area contributed by atoms with E-state index in [0.29, 0.717) is 0 Å². The third kappa shape index (κ3) is 4.46. The van der Waals surface area contributed by atoms with Gasteiger partial charge in [0.2, 0.25) is 0 Å². The Morgan fingerprint density at radius 3 is 2.55 bits per heavy atom. The van der Waals surface area contributed by atoms with E-state index in [4.69, 9.17) is 16.3 Å². The van der Waals surface area contributed by atoms with Crippen LogP contribution >= 0.6 is 11.6 Å². The normalized spacial score (nSPS) is 11.9. The van der Waals surface area contributed by atoms with Crippen molar-refractivity contribution in [1.29, 1.82) is 0 Å². The molecule has 0 spiro atoms. The van der Waals surface area contributed by atoms with Gasteiger partial charge in [0.25, 0.3) is 0 Å². The van der Waals surface area contributed by atoms with Crippen LogP contribution in [0.1, 0.15) is 18.9 Å². The second-order valence-electron chi connectivity index (χ2n) is 4.85. The molecule has 106 valence electrons. The maximum atomic E-state index is 6.00. The summed E-state index contributed by atoms with van der Waals surface area (Å²) in [5.41, 5.74) is 2.27. The van der Waals surface area contributed by atoms with Crippen molar-refractivity contribution in [3.8, 4) is 5.75 Å². The molecule has 0 aliphatic carbocycles. The molecule has 0 aliphatic rings. The van der Waals surface area contributed by atoms with Crippen molar-refractivity contribution >= 4 is 17.3 Å². The molecule has 1 N–H and O–H groups in total. The SMILES string of the molecule is CCC(CNc1ccc(Cl)cc1)Oc1cccc(C)c1. The third-order valence-corrected chi connectivity index (χ3v) is 3.38. The minimum atomic E-state index is 0.146. The van der Waals surface area contributed by atoms with E-state index in [1.54, 1.807) is 0 Å². The lowest BCUT2D eigenvalue weighted by molar-refractivity contribution is 0.210. The fraction of sp³-hybridized carbons (Fsp3) is 0.294.